The Balaban J connectivity index is 1.51. The van der Waals surface area contributed by atoms with Gasteiger partial charge in [-0.3, -0.25) is 4.79 Å². The van der Waals surface area contributed by atoms with Crippen LogP contribution in [0.4, 0.5) is 14.9 Å². The number of aromatic nitrogens is 2. The largest absolute Gasteiger partial charge is 0.444 e. The zero-order valence-corrected chi connectivity index (χ0v) is 22.2. The summed E-state index contributed by atoms with van der Waals surface area (Å²) in [6, 6.07) is 9.14. The molecule has 2 aliphatic rings. The number of thioether (sulfide) groups is 1. The van der Waals surface area contributed by atoms with Crippen molar-refractivity contribution >= 4 is 41.1 Å². The van der Waals surface area contributed by atoms with Gasteiger partial charge in [0.1, 0.15) is 17.5 Å². The second kappa shape index (κ2) is 9.98. The quantitative estimate of drug-likeness (QED) is 0.424. The molecule has 0 saturated heterocycles. The zero-order valence-electron chi connectivity index (χ0n) is 20.6. The molecular formula is C26H26ClFN4O4S. The standard InChI is InChI=1S/C26H26ClFN4O4S/c1-26(2,3)35-25(34)29-19-13-37-21-11-18(28)17(23-30-22(31-36-23)15-6-7-15)10-20(21)32(24(19)33)12-14-4-8-16(27)9-5-14/h4-5,8-11,15,19H,6-7,12-13H2,1-3H3,(H,29,34)/t19-/m0/s1. The normalized spacial score (nSPS) is 17.8. The van der Waals surface area contributed by atoms with Crippen LogP contribution in [0.1, 0.15) is 50.9 Å². The number of fused-ring (bicyclic) bond motifs is 1. The molecule has 0 bridgehead atoms. The van der Waals surface area contributed by atoms with Crippen molar-refractivity contribution in [2.75, 3.05) is 10.7 Å². The van der Waals surface area contributed by atoms with E-state index in [0.717, 1.165) is 18.4 Å². The molecule has 5 rings (SSSR count). The first-order valence-electron chi connectivity index (χ1n) is 11.9. The number of anilines is 1. The van der Waals surface area contributed by atoms with Crippen LogP contribution in [0.5, 0.6) is 0 Å². The minimum atomic E-state index is -0.893. The first-order chi connectivity index (χ1) is 17.6. The molecular weight excluding hydrogens is 519 g/mol. The van der Waals surface area contributed by atoms with E-state index < -0.39 is 23.6 Å². The summed E-state index contributed by atoms with van der Waals surface area (Å²) in [7, 11) is 0. The molecule has 1 N–H and O–H groups in total. The molecule has 8 nitrogen and oxygen atoms in total. The highest BCUT2D eigenvalue weighted by Gasteiger charge is 2.35. The van der Waals surface area contributed by atoms with Gasteiger partial charge in [0.05, 0.1) is 17.8 Å². The number of amides is 2. The second-order valence-electron chi connectivity index (χ2n) is 10.1. The number of nitrogens with zero attached hydrogens (tertiary/aromatic N) is 3. The van der Waals surface area contributed by atoms with Gasteiger partial charge in [0, 0.05) is 21.6 Å². The summed E-state index contributed by atoms with van der Waals surface area (Å²) in [4.78, 5) is 32.8. The van der Waals surface area contributed by atoms with Crippen LogP contribution in [0.2, 0.25) is 5.02 Å². The Hall–Kier alpha value is -3.11. The molecule has 3 aromatic rings. The summed E-state index contributed by atoms with van der Waals surface area (Å²) < 4.78 is 26.0. The molecule has 1 aliphatic heterocycles. The molecule has 1 aromatic heterocycles. The molecule has 194 valence electrons. The van der Waals surface area contributed by atoms with Crippen LogP contribution in [0.3, 0.4) is 0 Å². The molecule has 2 amide bonds. The van der Waals surface area contributed by atoms with E-state index in [9.17, 15) is 9.59 Å². The van der Waals surface area contributed by atoms with Crippen LogP contribution in [0.15, 0.2) is 45.8 Å². The number of alkyl carbamates (subject to hydrolysis) is 1. The molecule has 1 atom stereocenters. The summed E-state index contributed by atoms with van der Waals surface area (Å²) in [6.45, 7) is 5.42. The predicted molar refractivity (Wildman–Crippen MR) is 138 cm³/mol. The van der Waals surface area contributed by atoms with Crippen LogP contribution in [0, 0.1) is 5.82 Å². The summed E-state index contributed by atoms with van der Waals surface area (Å²) in [5.74, 6) is 0.198. The van der Waals surface area contributed by atoms with Crippen molar-refractivity contribution in [1.29, 1.82) is 0 Å². The lowest BCUT2D eigenvalue weighted by Crippen LogP contribution is -2.50. The third-order valence-electron chi connectivity index (χ3n) is 5.87. The van der Waals surface area contributed by atoms with Gasteiger partial charge in [-0.1, -0.05) is 28.9 Å². The van der Waals surface area contributed by atoms with E-state index in [2.05, 4.69) is 15.5 Å². The Labute approximate surface area is 222 Å². The smallest absolute Gasteiger partial charge is 0.408 e. The maximum absolute atomic E-state index is 15.3. The number of rotatable bonds is 5. The van der Waals surface area contributed by atoms with Crippen molar-refractivity contribution in [3.8, 4) is 11.5 Å². The number of hydrogen-bond acceptors (Lipinski definition) is 7. The van der Waals surface area contributed by atoms with Gasteiger partial charge in [-0.25, -0.2) is 9.18 Å². The van der Waals surface area contributed by atoms with Gasteiger partial charge in [-0.15, -0.1) is 11.8 Å². The van der Waals surface area contributed by atoms with E-state index in [1.807, 2.05) is 12.1 Å². The van der Waals surface area contributed by atoms with Gasteiger partial charge in [0.2, 0.25) is 0 Å². The van der Waals surface area contributed by atoms with Crippen LogP contribution in [-0.4, -0.2) is 39.5 Å². The fraction of sp³-hybridized carbons (Fsp3) is 0.385. The predicted octanol–water partition coefficient (Wildman–Crippen LogP) is 5.94. The molecule has 0 spiro atoms. The van der Waals surface area contributed by atoms with Gasteiger partial charge >= 0.3 is 6.09 Å². The third-order valence-corrected chi connectivity index (χ3v) is 7.26. The Kier molecular flexibility index (Phi) is 6.89. The maximum Gasteiger partial charge on any atom is 0.408 e. The lowest BCUT2D eigenvalue weighted by Gasteiger charge is -2.27. The average molecular weight is 545 g/mol. The van der Waals surface area contributed by atoms with Crippen molar-refractivity contribution in [1.82, 2.24) is 15.5 Å². The summed E-state index contributed by atoms with van der Waals surface area (Å²) in [6.07, 6.45) is 1.27. The van der Waals surface area contributed by atoms with Crippen LogP contribution in [0.25, 0.3) is 11.5 Å². The Bertz CT molecular complexity index is 1340. The first kappa shape index (κ1) is 25.5. The zero-order chi connectivity index (χ0) is 26.3. The van der Waals surface area contributed by atoms with Gasteiger partial charge in [0.15, 0.2) is 5.82 Å². The number of nitrogens with one attached hydrogen (secondary N) is 1. The highest BCUT2D eigenvalue weighted by molar-refractivity contribution is 7.99. The number of benzene rings is 2. The minimum absolute atomic E-state index is 0.0683. The lowest BCUT2D eigenvalue weighted by atomic mass is 10.1. The highest BCUT2D eigenvalue weighted by atomic mass is 35.5. The maximum atomic E-state index is 15.3. The van der Waals surface area contributed by atoms with E-state index in [1.54, 1.807) is 39.0 Å². The van der Waals surface area contributed by atoms with E-state index >= 15 is 4.39 Å². The molecule has 0 unspecified atom stereocenters. The Morgan fingerprint density at radius 3 is 2.68 bits per heavy atom. The van der Waals surface area contributed by atoms with Gasteiger partial charge in [0.25, 0.3) is 11.8 Å². The fourth-order valence-electron chi connectivity index (χ4n) is 3.93. The SMILES string of the molecule is CC(C)(C)OC(=O)N[C@H]1CSc2cc(F)c(-c3nc(C4CC4)no3)cc2N(Cc2ccc(Cl)cc2)C1=O. The van der Waals surface area contributed by atoms with E-state index in [-0.39, 0.29) is 35.6 Å². The van der Waals surface area contributed by atoms with Crippen molar-refractivity contribution in [2.24, 2.45) is 0 Å². The molecule has 1 fully saturated rings. The monoisotopic (exact) mass is 544 g/mol. The van der Waals surface area contributed by atoms with E-state index in [4.69, 9.17) is 20.9 Å². The number of halogens is 2. The van der Waals surface area contributed by atoms with Crippen molar-refractivity contribution < 1.29 is 23.2 Å². The molecule has 11 heteroatoms. The van der Waals surface area contributed by atoms with E-state index in [0.29, 0.717) is 21.4 Å². The molecule has 2 aromatic carbocycles. The van der Waals surface area contributed by atoms with Crippen molar-refractivity contribution in [3.05, 3.63) is 58.6 Å². The topological polar surface area (TPSA) is 97.6 Å². The molecule has 1 aliphatic carbocycles. The third kappa shape index (κ3) is 5.91. The number of carbonyl (C=O) groups excluding carboxylic acids is 2. The van der Waals surface area contributed by atoms with Gasteiger partial charge in [-0.2, -0.15) is 4.98 Å². The van der Waals surface area contributed by atoms with Gasteiger partial charge < -0.3 is 19.5 Å². The van der Waals surface area contributed by atoms with Crippen LogP contribution >= 0.6 is 23.4 Å². The Morgan fingerprint density at radius 1 is 1.27 bits per heavy atom. The number of ether oxygens (including phenoxy) is 1. The average Bonchev–Trinajstić information content (AvgIpc) is 3.58. The molecule has 0 radical (unpaired) electrons. The highest BCUT2D eigenvalue weighted by Crippen LogP contribution is 2.42. The lowest BCUT2D eigenvalue weighted by molar-refractivity contribution is -0.120. The van der Waals surface area contributed by atoms with Crippen molar-refractivity contribution in [2.45, 2.75) is 62.6 Å². The summed E-state index contributed by atoms with van der Waals surface area (Å²) >= 11 is 7.32. The Morgan fingerprint density at radius 2 is 2.00 bits per heavy atom. The molecule has 37 heavy (non-hydrogen) atoms. The van der Waals surface area contributed by atoms with Crippen molar-refractivity contribution in [3.63, 3.8) is 0 Å². The number of carbonyl (C=O) groups is 2. The second-order valence-corrected chi connectivity index (χ2v) is 11.6. The molecule has 2 heterocycles. The van der Waals surface area contributed by atoms with E-state index in [1.165, 1.54) is 22.7 Å². The first-order valence-corrected chi connectivity index (χ1v) is 13.3. The number of hydrogen-bond donors (Lipinski definition) is 1. The fourth-order valence-corrected chi connectivity index (χ4v) is 5.13. The summed E-state index contributed by atoms with van der Waals surface area (Å²) in [5, 5.41) is 7.25. The van der Waals surface area contributed by atoms with Gasteiger partial charge in [-0.05, 0) is 63.4 Å². The minimum Gasteiger partial charge on any atom is -0.444 e. The van der Waals surface area contributed by atoms with Crippen LogP contribution < -0.4 is 10.2 Å². The summed E-state index contributed by atoms with van der Waals surface area (Å²) in [5.41, 5.74) is 0.691. The molecule has 1 saturated carbocycles. The van der Waals surface area contributed by atoms with Crippen LogP contribution in [-0.2, 0) is 16.1 Å².